The van der Waals surface area contributed by atoms with Crippen molar-refractivity contribution in [3.8, 4) is 0 Å². The standard InChI is InChI=1S/C25H29N3O2/c1-18-8-10-20(11-9-18)17-22-23(26-25(30)27(2)24(22)29)28-14-12-21(13-15-28)16-19-6-4-3-5-7-19/h3-11,21H,12-17H2,1-2H3,(H,26,30). The van der Waals surface area contributed by atoms with E-state index in [2.05, 4.69) is 58.4 Å². The van der Waals surface area contributed by atoms with Crippen LogP contribution in [0.2, 0.25) is 0 Å². The van der Waals surface area contributed by atoms with E-state index in [0.29, 0.717) is 23.7 Å². The molecule has 156 valence electrons. The summed E-state index contributed by atoms with van der Waals surface area (Å²) >= 11 is 0. The van der Waals surface area contributed by atoms with E-state index in [9.17, 15) is 9.59 Å². The third kappa shape index (κ3) is 4.40. The van der Waals surface area contributed by atoms with Crippen molar-refractivity contribution < 1.29 is 0 Å². The smallest absolute Gasteiger partial charge is 0.329 e. The van der Waals surface area contributed by atoms with Crippen LogP contribution < -0.4 is 16.1 Å². The molecule has 0 radical (unpaired) electrons. The molecule has 1 aromatic heterocycles. The molecule has 0 aliphatic carbocycles. The molecule has 1 fully saturated rings. The second kappa shape index (κ2) is 8.74. The Bertz CT molecular complexity index is 1110. The first-order valence-electron chi connectivity index (χ1n) is 10.7. The molecule has 1 saturated heterocycles. The van der Waals surface area contributed by atoms with E-state index in [0.717, 1.165) is 37.9 Å². The third-order valence-electron chi connectivity index (χ3n) is 6.18. The average molecular weight is 404 g/mol. The molecular weight excluding hydrogens is 374 g/mol. The number of aryl methyl sites for hydroxylation is 1. The molecule has 0 spiro atoms. The topological polar surface area (TPSA) is 58.1 Å². The van der Waals surface area contributed by atoms with E-state index >= 15 is 0 Å². The van der Waals surface area contributed by atoms with Gasteiger partial charge in [0.1, 0.15) is 5.82 Å². The van der Waals surface area contributed by atoms with Gasteiger partial charge in [-0.2, -0.15) is 0 Å². The van der Waals surface area contributed by atoms with E-state index in [1.54, 1.807) is 0 Å². The molecule has 0 amide bonds. The molecule has 0 saturated carbocycles. The summed E-state index contributed by atoms with van der Waals surface area (Å²) in [5, 5.41) is 0. The minimum absolute atomic E-state index is 0.208. The second-order valence-electron chi connectivity index (χ2n) is 8.40. The normalized spacial score (nSPS) is 14.8. The van der Waals surface area contributed by atoms with Crippen molar-refractivity contribution in [1.29, 1.82) is 0 Å². The van der Waals surface area contributed by atoms with Gasteiger partial charge in [0.05, 0.1) is 5.56 Å². The Balaban J connectivity index is 1.55. The van der Waals surface area contributed by atoms with Crippen LogP contribution in [-0.2, 0) is 19.9 Å². The number of nitrogens with one attached hydrogen (secondary N) is 1. The fourth-order valence-electron chi connectivity index (χ4n) is 4.30. The quantitative estimate of drug-likeness (QED) is 0.710. The van der Waals surface area contributed by atoms with Crippen molar-refractivity contribution in [2.75, 3.05) is 18.0 Å². The summed E-state index contributed by atoms with van der Waals surface area (Å²) in [7, 11) is 1.54. The van der Waals surface area contributed by atoms with Crippen molar-refractivity contribution in [2.45, 2.75) is 32.6 Å². The summed E-state index contributed by atoms with van der Waals surface area (Å²) in [6, 6.07) is 18.8. The first-order chi connectivity index (χ1) is 14.5. The molecule has 30 heavy (non-hydrogen) atoms. The number of hydrogen-bond acceptors (Lipinski definition) is 3. The van der Waals surface area contributed by atoms with Crippen molar-refractivity contribution in [2.24, 2.45) is 13.0 Å². The summed E-state index contributed by atoms with van der Waals surface area (Å²) in [5.74, 6) is 1.32. The summed E-state index contributed by atoms with van der Waals surface area (Å²) in [6.07, 6.45) is 3.70. The van der Waals surface area contributed by atoms with Crippen LogP contribution >= 0.6 is 0 Å². The Kier molecular flexibility index (Phi) is 5.88. The monoisotopic (exact) mass is 403 g/mol. The molecule has 5 heteroatoms. The fraction of sp³-hybridized carbons (Fsp3) is 0.360. The molecule has 2 heterocycles. The number of piperidine rings is 1. The summed E-state index contributed by atoms with van der Waals surface area (Å²) in [5.41, 5.74) is 3.74. The minimum Gasteiger partial charge on any atom is -0.358 e. The van der Waals surface area contributed by atoms with E-state index in [1.807, 2.05) is 13.0 Å². The summed E-state index contributed by atoms with van der Waals surface area (Å²) in [6.45, 7) is 3.75. The number of aromatic amines is 1. The molecule has 1 aliphatic heterocycles. The van der Waals surface area contributed by atoms with Crippen LogP contribution in [0.3, 0.4) is 0 Å². The predicted octanol–water partition coefficient (Wildman–Crippen LogP) is 3.43. The lowest BCUT2D eigenvalue weighted by Gasteiger charge is -2.34. The van der Waals surface area contributed by atoms with Gasteiger partial charge in [-0.15, -0.1) is 0 Å². The fourth-order valence-corrected chi connectivity index (χ4v) is 4.30. The van der Waals surface area contributed by atoms with Crippen LogP contribution in [0.25, 0.3) is 0 Å². The van der Waals surface area contributed by atoms with Gasteiger partial charge in [0.15, 0.2) is 0 Å². The lowest BCUT2D eigenvalue weighted by atomic mass is 9.90. The summed E-state index contributed by atoms with van der Waals surface area (Å²) in [4.78, 5) is 30.5. The summed E-state index contributed by atoms with van der Waals surface area (Å²) < 4.78 is 1.18. The Morgan fingerprint density at radius 3 is 2.27 bits per heavy atom. The number of rotatable bonds is 5. The number of aromatic nitrogens is 2. The number of H-pyrrole nitrogens is 1. The third-order valence-corrected chi connectivity index (χ3v) is 6.18. The molecule has 1 aliphatic rings. The van der Waals surface area contributed by atoms with Crippen molar-refractivity contribution >= 4 is 5.82 Å². The van der Waals surface area contributed by atoms with Gasteiger partial charge in [-0.25, -0.2) is 4.79 Å². The molecular formula is C25H29N3O2. The van der Waals surface area contributed by atoms with E-state index in [-0.39, 0.29) is 11.2 Å². The predicted molar refractivity (Wildman–Crippen MR) is 121 cm³/mol. The number of benzene rings is 2. The van der Waals surface area contributed by atoms with Crippen LogP contribution in [0, 0.1) is 12.8 Å². The maximum Gasteiger partial charge on any atom is 0.329 e. The van der Waals surface area contributed by atoms with Gasteiger partial charge < -0.3 is 4.90 Å². The van der Waals surface area contributed by atoms with Crippen LogP contribution in [0.15, 0.2) is 64.2 Å². The molecule has 4 rings (SSSR count). The highest BCUT2D eigenvalue weighted by molar-refractivity contribution is 5.48. The van der Waals surface area contributed by atoms with Gasteiger partial charge >= 0.3 is 5.69 Å². The highest BCUT2D eigenvalue weighted by Gasteiger charge is 2.24. The maximum atomic E-state index is 12.9. The first-order valence-corrected chi connectivity index (χ1v) is 10.7. The Morgan fingerprint density at radius 1 is 0.933 bits per heavy atom. The van der Waals surface area contributed by atoms with Crippen molar-refractivity contribution in [3.63, 3.8) is 0 Å². The van der Waals surface area contributed by atoms with Gasteiger partial charge in [-0.3, -0.25) is 14.3 Å². The van der Waals surface area contributed by atoms with E-state index in [1.165, 1.54) is 22.7 Å². The first kappa shape index (κ1) is 20.2. The van der Waals surface area contributed by atoms with Gasteiger partial charge in [0, 0.05) is 26.6 Å². The highest BCUT2D eigenvalue weighted by atomic mass is 16.2. The number of nitrogens with zero attached hydrogens (tertiary/aromatic N) is 2. The molecule has 0 bridgehead atoms. The highest BCUT2D eigenvalue weighted by Crippen LogP contribution is 2.26. The second-order valence-corrected chi connectivity index (χ2v) is 8.40. The Hall–Kier alpha value is -3.08. The zero-order valence-corrected chi connectivity index (χ0v) is 17.7. The zero-order valence-electron chi connectivity index (χ0n) is 17.7. The van der Waals surface area contributed by atoms with Gasteiger partial charge in [0.25, 0.3) is 5.56 Å². The molecule has 0 unspecified atom stereocenters. The molecule has 3 aromatic rings. The van der Waals surface area contributed by atoms with Gasteiger partial charge in [-0.05, 0) is 43.2 Å². The zero-order chi connectivity index (χ0) is 21.1. The Morgan fingerprint density at radius 2 is 1.60 bits per heavy atom. The number of anilines is 1. The van der Waals surface area contributed by atoms with Crippen LogP contribution in [-0.4, -0.2) is 22.6 Å². The van der Waals surface area contributed by atoms with Crippen LogP contribution in [0.1, 0.15) is 35.1 Å². The van der Waals surface area contributed by atoms with Crippen LogP contribution in [0.4, 0.5) is 5.82 Å². The maximum absolute atomic E-state index is 12.9. The minimum atomic E-state index is -0.353. The van der Waals surface area contributed by atoms with Gasteiger partial charge in [0.2, 0.25) is 0 Å². The lowest BCUT2D eigenvalue weighted by molar-refractivity contribution is 0.401. The van der Waals surface area contributed by atoms with E-state index in [4.69, 9.17) is 0 Å². The number of hydrogen-bond donors (Lipinski definition) is 1. The largest absolute Gasteiger partial charge is 0.358 e. The van der Waals surface area contributed by atoms with E-state index < -0.39 is 0 Å². The molecule has 2 aromatic carbocycles. The molecule has 1 N–H and O–H groups in total. The van der Waals surface area contributed by atoms with Crippen LogP contribution in [0.5, 0.6) is 0 Å². The average Bonchev–Trinajstić information content (AvgIpc) is 2.77. The molecule has 0 atom stereocenters. The van der Waals surface area contributed by atoms with Crippen molar-refractivity contribution in [3.05, 3.63) is 97.7 Å². The van der Waals surface area contributed by atoms with Crippen molar-refractivity contribution in [1.82, 2.24) is 9.55 Å². The Labute approximate surface area is 177 Å². The van der Waals surface area contributed by atoms with Gasteiger partial charge in [-0.1, -0.05) is 60.2 Å². The lowest BCUT2D eigenvalue weighted by Crippen LogP contribution is -2.42. The SMILES string of the molecule is Cc1ccc(Cc2c(N3CCC(Cc4ccccc4)CC3)[nH]c(=O)n(C)c2=O)cc1. The molecule has 5 nitrogen and oxygen atoms in total.